The summed E-state index contributed by atoms with van der Waals surface area (Å²) in [6.07, 6.45) is 5.25. The molecule has 0 aliphatic carbocycles. The number of aromatic nitrogens is 3. The van der Waals surface area contributed by atoms with Crippen LogP contribution in [-0.4, -0.2) is 20.7 Å². The zero-order valence-electron chi connectivity index (χ0n) is 13.6. The van der Waals surface area contributed by atoms with Gasteiger partial charge in [-0.05, 0) is 41.8 Å². The van der Waals surface area contributed by atoms with Crippen LogP contribution in [-0.2, 0) is 13.0 Å². The number of rotatable bonds is 6. The molecule has 3 aromatic rings. The molecule has 1 aromatic heterocycles. The van der Waals surface area contributed by atoms with Crippen molar-refractivity contribution in [1.29, 1.82) is 0 Å². The molecular formula is C19H20N4O. The fraction of sp³-hybridized carbons (Fsp3) is 0.211. The summed E-state index contributed by atoms with van der Waals surface area (Å²) in [4.78, 5) is 16.3. The third-order valence-electron chi connectivity index (χ3n) is 3.75. The van der Waals surface area contributed by atoms with E-state index in [0.29, 0.717) is 12.1 Å². The first-order valence-electron chi connectivity index (χ1n) is 8.06. The molecule has 0 saturated carbocycles. The average Bonchev–Trinajstić information content (AvgIpc) is 3.10. The van der Waals surface area contributed by atoms with Crippen LogP contribution < -0.4 is 5.32 Å². The number of nitrogens with one attached hydrogen (secondary N) is 1. The van der Waals surface area contributed by atoms with Gasteiger partial charge in [0.05, 0.1) is 6.54 Å². The smallest absolute Gasteiger partial charge is 0.255 e. The van der Waals surface area contributed by atoms with Crippen LogP contribution in [0.3, 0.4) is 0 Å². The number of hydrogen-bond donors (Lipinski definition) is 1. The monoisotopic (exact) mass is 320 g/mol. The average molecular weight is 320 g/mol. The molecule has 0 unspecified atom stereocenters. The van der Waals surface area contributed by atoms with Gasteiger partial charge in [0, 0.05) is 11.3 Å². The van der Waals surface area contributed by atoms with Gasteiger partial charge in [-0.15, -0.1) is 0 Å². The summed E-state index contributed by atoms with van der Waals surface area (Å²) < 4.78 is 1.76. The Morgan fingerprint density at radius 3 is 2.67 bits per heavy atom. The van der Waals surface area contributed by atoms with Crippen molar-refractivity contribution >= 4 is 11.6 Å². The molecule has 0 aliphatic heterocycles. The first-order chi connectivity index (χ1) is 11.7. The lowest BCUT2D eigenvalue weighted by molar-refractivity contribution is 0.102. The summed E-state index contributed by atoms with van der Waals surface area (Å²) in [7, 11) is 0. The maximum absolute atomic E-state index is 12.4. The predicted molar refractivity (Wildman–Crippen MR) is 94.0 cm³/mol. The zero-order chi connectivity index (χ0) is 16.8. The van der Waals surface area contributed by atoms with Crippen molar-refractivity contribution in [2.45, 2.75) is 26.3 Å². The van der Waals surface area contributed by atoms with E-state index in [1.54, 1.807) is 11.0 Å². The third-order valence-corrected chi connectivity index (χ3v) is 3.75. The lowest BCUT2D eigenvalue weighted by Gasteiger charge is -2.08. The van der Waals surface area contributed by atoms with E-state index in [1.807, 2.05) is 42.5 Å². The molecule has 1 heterocycles. The summed E-state index contributed by atoms with van der Waals surface area (Å²) in [5.41, 5.74) is 3.76. The van der Waals surface area contributed by atoms with Gasteiger partial charge in [0.15, 0.2) is 0 Å². The lowest BCUT2D eigenvalue weighted by Crippen LogP contribution is -2.12. The summed E-state index contributed by atoms with van der Waals surface area (Å²) in [6.45, 7) is 2.79. The molecule has 122 valence electrons. The second-order valence-corrected chi connectivity index (χ2v) is 5.69. The maximum Gasteiger partial charge on any atom is 0.255 e. The fourth-order valence-corrected chi connectivity index (χ4v) is 2.55. The molecule has 1 N–H and O–H groups in total. The van der Waals surface area contributed by atoms with Gasteiger partial charge in [-0.2, -0.15) is 5.10 Å². The molecule has 3 rings (SSSR count). The van der Waals surface area contributed by atoms with Crippen molar-refractivity contribution in [3.05, 3.63) is 77.9 Å². The lowest BCUT2D eigenvalue weighted by atomic mass is 10.1. The molecule has 0 fully saturated rings. The van der Waals surface area contributed by atoms with Crippen molar-refractivity contribution < 1.29 is 4.79 Å². The van der Waals surface area contributed by atoms with Gasteiger partial charge in [-0.1, -0.05) is 37.6 Å². The van der Waals surface area contributed by atoms with E-state index in [4.69, 9.17) is 0 Å². The molecule has 0 spiro atoms. The van der Waals surface area contributed by atoms with Crippen LogP contribution in [0.15, 0.2) is 61.2 Å². The maximum atomic E-state index is 12.4. The van der Waals surface area contributed by atoms with Crippen LogP contribution in [0.5, 0.6) is 0 Å². The molecule has 0 saturated heterocycles. The number of aryl methyl sites for hydroxylation is 1. The van der Waals surface area contributed by atoms with E-state index in [2.05, 4.69) is 28.4 Å². The molecule has 0 bridgehead atoms. The summed E-state index contributed by atoms with van der Waals surface area (Å²) in [6, 6.07) is 15.5. The van der Waals surface area contributed by atoms with Crippen LogP contribution in [0, 0.1) is 0 Å². The van der Waals surface area contributed by atoms with Crippen LogP contribution in [0.25, 0.3) is 0 Å². The van der Waals surface area contributed by atoms with Gasteiger partial charge in [0.1, 0.15) is 12.7 Å². The van der Waals surface area contributed by atoms with E-state index in [0.717, 1.165) is 24.1 Å². The minimum Gasteiger partial charge on any atom is -0.322 e. The number of carbonyl (C=O) groups is 1. The molecule has 0 aliphatic rings. The largest absolute Gasteiger partial charge is 0.322 e. The van der Waals surface area contributed by atoms with Gasteiger partial charge in [-0.3, -0.25) is 4.79 Å². The Hall–Kier alpha value is -2.95. The number of benzene rings is 2. The number of carbonyl (C=O) groups excluding carboxylic acids is 1. The van der Waals surface area contributed by atoms with Crippen LogP contribution >= 0.6 is 0 Å². The van der Waals surface area contributed by atoms with Gasteiger partial charge in [0.25, 0.3) is 5.91 Å². The second-order valence-electron chi connectivity index (χ2n) is 5.69. The van der Waals surface area contributed by atoms with Gasteiger partial charge < -0.3 is 5.32 Å². The highest BCUT2D eigenvalue weighted by Gasteiger charge is 2.07. The molecule has 24 heavy (non-hydrogen) atoms. The van der Waals surface area contributed by atoms with Crippen molar-refractivity contribution in [2.75, 3.05) is 5.32 Å². The van der Waals surface area contributed by atoms with Crippen LogP contribution in [0.2, 0.25) is 0 Å². The topological polar surface area (TPSA) is 59.8 Å². The van der Waals surface area contributed by atoms with E-state index < -0.39 is 0 Å². The Morgan fingerprint density at radius 1 is 1.12 bits per heavy atom. The highest BCUT2D eigenvalue weighted by molar-refractivity contribution is 6.04. The van der Waals surface area contributed by atoms with Crippen molar-refractivity contribution in [2.24, 2.45) is 0 Å². The minimum absolute atomic E-state index is 0.0861. The number of hydrogen-bond acceptors (Lipinski definition) is 3. The van der Waals surface area contributed by atoms with Crippen LogP contribution in [0.4, 0.5) is 5.69 Å². The highest BCUT2D eigenvalue weighted by atomic mass is 16.1. The molecule has 1 amide bonds. The van der Waals surface area contributed by atoms with E-state index in [9.17, 15) is 4.79 Å². The molecule has 5 heteroatoms. The Labute approximate surface area is 141 Å². The highest BCUT2D eigenvalue weighted by Crippen LogP contribution is 2.13. The normalized spacial score (nSPS) is 10.5. The fourth-order valence-electron chi connectivity index (χ4n) is 2.55. The number of amides is 1. The Kier molecular flexibility index (Phi) is 5.01. The molecule has 0 atom stereocenters. The molecular weight excluding hydrogens is 300 g/mol. The SMILES string of the molecule is CCCc1cccc(C(=O)Nc2ccc(Cn3cncn3)cc2)c1. The Balaban J connectivity index is 1.65. The van der Waals surface area contributed by atoms with Crippen molar-refractivity contribution in [3.8, 4) is 0 Å². The summed E-state index contributed by atoms with van der Waals surface area (Å²) >= 11 is 0. The number of anilines is 1. The van der Waals surface area contributed by atoms with Crippen molar-refractivity contribution in [3.63, 3.8) is 0 Å². The zero-order valence-corrected chi connectivity index (χ0v) is 13.6. The van der Waals surface area contributed by atoms with Crippen molar-refractivity contribution in [1.82, 2.24) is 14.8 Å². The van der Waals surface area contributed by atoms with Gasteiger partial charge in [-0.25, -0.2) is 9.67 Å². The van der Waals surface area contributed by atoms with Crippen LogP contribution in [0.1, 0.15) is 34.8 Å². The standard InChI is InChI=1S/C19H20N4O/c1-2-4-15-5-3-6-17(11-15)19(24)22-18-9-7-16(8-10-18)12-23-14-20-13-21-23/h3,5-11,13-14H,2,4,12H2,1H3,(H,22,24). The van der Waals surface area contributed by atoms with E-state index in [-0.39, 0.29) is 5.91 Å². The number of nitrogens with zero attached hydrogens (tertiary/aromatic N) is 3. The minimum atomic E-state index is -0.0861. The molecule has 2 aromatic carbocycles. The van der Waals surface area contributed by atoms with Gasteiger partial charge >= 0.3 is 0 Å². The van der Waals surface area contributed by atoms with E-state index in [1.165, 1.54) is 11.9 Å². The predicted octanol–water partition coefficient (Wildman–Crippen LogP) is 3.53. The second kappa shape index (κ2) is 7.55. The Bertz CT molecular complexity index is 794. The molecule has 0 radical (unpaired) electrons. The third kappa shape index (κ3) is 4.07. The first-order valence-corrected chi connectivity index (χ1v) is 8.06. The molecule has 5 nitrogen and oxygen atoms in total. The summed E-state index contributed by atoms with van der Waals surface area (Å²) in [5.74, 6) is -0.0861. The Morgan fingerprint density at radius 2 is 1.96 bits per heavy atom. The van der Waals surface area contributed by atoms with E-state index >= 15 is 0 Å². The summed E-state index contributed by atoms with van der Waals surface area (Å²) in [5, 5.41) is 7.02. The first kappa shape index (κ1) is 15.9. The van der Waals surface area contributed by atoms with Gasteiger partial charge in [0.2, 0.25) is 0 Å². The quantitative estimate of drug-likeness (QED) is 0.756.